The maximum atomic E-state index is 5.70. The summed E-state index contributed by atoms with van der Waals surface area (Å²) >= 11 is 1.77. The van der Waals surface area contributed by atoms with Crippen LogP contribution in [-0.2, 0) is 0 Å². The lowest BCUT2D eigenvalue weighted by Crippen LogP contribution is -1.86. The van der Waals surface area contributed by atoms with Crippen LogP contribution in [0.3, 0.4) is 0 Å². The van der Waals surface area contributed by atoms with E-state index in [1.807, 2.05) is 18.2 Å². The number of rotatable bonds is 1. The van der Waals surface area contributed by atoms with Gasteiger partial charge in [0.2, 0.25) is 0 Å². The van der Waals surface area contributed by atoms with E-state index in [2.05, 4.69) is 17.1 Å². The van der Waals surface area contributed by atoms with Gasteiger partial charge in [-0.15, -0.1) is 11.8 Å². The van der Waals surface area contributed by atoms with Crippen molar-refractivity contribution in [2.45, 2.75) is 0 Å². The highest BCUT2D eigenvalue weighted by atomic mass is 32.2. The van der Waals surface area contributed by atoms with Gasteiger partial charge in [0.05, 0.1) is 0 Å². The second-order valence-corrected chi connectivity index (χ2v) is 4.27. The van der Waals surface area contributed by atoms with Crippen LogP contribution in [0.5, 0.6) is 0 Å². The first-order valence-electron chi connectivity index (χ1n) is 4.60. The maximum absolute atomic E-state index is 5.70. The number of furan rings is 1. The Bertz CT molecular complexity index is 468. The number of fused-ring (bicyclic) bond motifs is 1. The van der Waals surface area contributed by atoms with Crippen molar-refractivity contribution < 1.29 is 4.42 Å². The molecule has 2 heterocycles. The highest BCUT2D eigenvalue weighted by Crippen LogP contribution is 2.25. The molecule has 0 amide bonds. The zero-order valence-corrected chi connectivity index (χ0v) is 8.38. The molecule has 1 aromatic heterocycles. The molecule has 0 spiro atoms. The molecular formula is C11H9NOS. The molecule has 2 aromatic rings. The number of aliphatic imine (C=N–C) groups is 1. The van der Waals surface area contributed by atoms with Crippen molar-refractivity contribution in [1.82, 2.24) is 0 Å². The lowest BCUT2D eigenvalue weighted by Gasteiger charge is -1.90. The number of thioether (sulfide) groups is 1. The molecule has 3 heteroatoms. The van der Waals surface area contributed by atoms with E-state index in [0.29, 0.717) is 0 Å². The Morgan fingerprint density at radius 1 is 1.29 bits per heavy atom. The molecule has 0 radical (unpaired) electrons. The minimum absolute atomic E-state index is 0.911. The normalized spacial score (nSPS) is 16.1. The lowest BCUT2D eigenvalue weighted by atomic mass is 10.2. The quantitative estimate of drug-likeness (QED) is 0.712. The molecule has 2 nitrogen and oxygen atoms in total. The van der Waals surface area contributed by atoms with Crippen LogP contribution in [-0.4, -0.2) is 17.3 Å². The third-order valence-electron chi connectivity index (χ3n) is 2.22. The largest absolute Gasteiger partial charge is 0.454 e. The van der Waals surface area contributed by atoms with Crippen molar-refractivity contribution in [1.29, 1.82) is 0 Å². The van der Waals surface area contributed by atoms with Gasteiger partial charge in [-0.25, -0.2) is 0 Å². The predicted octanol–water partition coefficient (Wildman–Crippen LogP) is 2.93. The molecular weight excluding hydrogens is 194 g/mol. The Kier molecular flexibility index (Phi) is 1.84. The molecule has 0 unspecified atom stereocenters. The van der Waals surface area contributed by atoms with Crippen molar-refractivity contribution in [3.63, 3.8) is 0 Å². The molecule has 0 fully saturated rings. The summed E-state index contributed by atoms with van der Waals surface area (Å²) in [6.45, 7) is 0.914. The van der Waals surface area contributed by atoms with Gasteiger partial charge < -0.3 is 4.42 Å². The third-order valence-corrected chi connectivity index (χ3v) is 3.21. The Morgan fingerprint density at radius 3 is 3.00 bits per heavy atom. The van der Waals surface area contributed by atoms with Gasteiger partial charge in [0, 0.05) is 17.7 Å². The molecule has 3 rings (SSSR count). The molecule has 1 aliphatic heterocycles. The van der Waals surface area contributed by atoms with Crippen LogP contribution in [0, 0.1) is 0 Å². The van der Waals surface area contributed by atoms with Crippen molar-refractivity contribution in [2.24, 2.45) is 4.99 Å². The molecule has 0 atom stereocenters. The first kappa shape index (κ1) is 8.12. The second-order valence-electron chi connectivity index (χ2n) is 3.18. The van der Waals surface area contributed by atoms with Crippen molar-refractivity contribution in [3.8, 4) is 0 Å². The van der Waals surface area contributed by atoms with Gasteiger partial charge in [0.25, 0.3) is 0 Å². The smallest absolute Gasteiger partial charge is 0.159 e. The first-order valence-corrected chi connectivity index (χ1v) is 5.58. The number of hydrogen-bond donors (Lipinski definition) is 0. The topological polar surface area (TPSA) is 25.5 Å². The fourth-order valence-electron chi connectivity index (χ4n) is 1.57. The standard InChI is InChI=1S/C11H9NOS/c1-2-4-9-8(3-1)7-10(13-9)11-12-5-6-14-11/h1-4,7H,5-6H2. The highest BCUT2D eigenvalue weighted by molar-refractivity contribution is 8.14. The Labute approximate surface area is 86.0 Å². The zero-order valence-electron chi connectivity index (χ0n) is 7.56. The van der Waals surface area contributed by atoms with E-state index in [4.69, 9.17) is 4.42 Å². The van der Waals surface area contributed by atoms with Crippen LogP contribution in [0.2, 0.25) is 0 Å². The van der Waals surface area contributed by atoms with E-state index >= 15 is 0 Å². The van der Waals surface area contributed by atoms with E-state index in [0.717, 1.165) is 34.1 Å². The zero-order chi connectivity index (χ0) is 9.38. The van der Waals surface area contributed by atoms with E-state index in [1.165, 1.54) is 0 Å². The van der Waals surface area contributed by atoms with E-state index < -0.39 is 0 Å². The Balaban J connectivity index is 2.14. The summed E-state index contributed by atoms with van der Waals surface area (Å²) in [6, 6.07) is 10.1. The van der Waals surface area contributed by atoms with Gasteiger partial charge in [-0.05, 0) is 12.1 Å². The number of para-hydroxylation sites is 1. The summed E-state index contributed by atoms with van der Waals surface area (Å²) in [5.41, 5.74) is 0.942. The lowest BCUT2D eigenvalue weighted by molar-refractivity contribution is 0.607. The van der Waals surface area contributed by atoms with Crippen LogP contribution in [0.1, 0.15) is 5.76 Å². The average molecular weight is 203 g/mol. The van der Waals surface area contributed by atoms with Gasteiger partial charge in [0.1, 0.15) is 10.6 Å². The van der Waals surface area contributed by atoms with Gasteiger partial charge >= 0.3 is 0 Å². The molecule has 14 heavy (non-hydrogen) atoms. The number of hydrogen-bond acceptors (Lipinski definition) is 3. The first-order chi connectivity index (χ1) is 6.93. The monoisotopic (exact) mass is 203 g/mol. The van der Waals surface area contributed by atoms with Crippen molar-refractivity contribution in [2.75, 3.05) is 12.3 Å². The predicted molar refractivity (Wildman–Crippen MR) is 60.1 cm³/mol. The van der Waals surface area contributed by atoms with Crippen LogP contribution in [0.4, 0.5) is 0 Å². The molecule has 1 aromatic carbocycles. The van der Waals surface area contributed by atoms with Crippen LogP contribution >= 0.6 is 11.8 Å². The number of nitrogens with zero attached hydrogens (tertiary/aromatic N) is 1. The molecule has 0 saturated heterocycles. The van der Waals surface area contributed by atoms with E-state index in [9.17, 15) is 0 Å². The van der Waals surface area contributed by atoms with Gasteiger partial charge in [-0.1, -0.05) is 18.2 Å². The molecule has 1 aliphatic rings. The summed E-state index contributed by atoms with van der Waals surface area (Å²) in [4.78, 5) is 4.39. The Morgan fingerprint density at radius 2 is 2.21 bits per heavy atom. The van der Waals surface area contributed by atoms with E-state index in [1.54, 1.807) is 11.8 Å². The molecule has 70 valence electrons. The molecule has 0 aliphatic carbocycles. The summed E-state index contributed by atoms with van der Waals surface area (Å²) in [6.07, 6.45) is 0. The molecule has 0 N–H and O–H groups in total. The molecule has 0 saturated carbocycles. The van der Waals surface area contributed by atoms with E-state index in [-0.39, 0.29) is 0 Å². The molecule has 0 bridgehead atoms. The maximum Gasteiger partial charge on any atom is 0.159 e. The second kappa shape index (κ2) is 3.17. The fourth-order valence-corrected chi connectivity index (χ4v) is 2.37. The SMILES string of the molecule is c1ccc2oc(C3=NCCS3)cc2c1. The minimum atomic E-state index is 0.911. The summed E-state index contributed by atoms with van der Waals surface area (Å²) < 4.78 is 5.70. The van der Waals surface area contributed by atoms with Gasteiger partial charge in [0.15, 0.2) is 5.76 Å². The van der Waals surface area contributed by atoms with Crippen LogP contribution < -0.4 is 0 Å². The summed E-state index contributed by atoms with van der Waals surface area (Å²) in [5.74, 6) is 1.99. The highest BCUT2D eigenvalue weighted by Gasteiger charge is 2.13. The van der Waals surface area contributed by atoms with Gasteiger partial charge in [-0.2, -0.15) is 0 Å². The fraction of sp³-hybridized carbons (Fsp3) is 0.182. The third kappa shape index (κ3) is 1.24. The minimum Gasteiger partial charge on any atom is -0.454 e. The Hall–Kier alpha value is -1.22. The van der Waals surface area contributed by atoms with Crippen molar-refractivity contribution in [3.05, 3.63) is 36.1 Å². The average Bonchev–Trinajstić information content (AvgIpc) is 2.86. The van der Waals surface area contributed by atoms with Crippen LogP contribution in [0.15, 0.2) is 39.7 Å². The van der Waals surface area contributed by atoms with Crippen molar-refractivity contribution >= 4 is 27.8 Å². The van der Waals surface area contributed by atoms with Gasteiger partial charge in [-0.3, -0.25) is 4.99 Å². The van der Waals surface area contributed by atoms with Crippen LogP contribution in [0.25, 0.3) is 11.0 Å². The summed E-state index contributed by atoms with van der Waals surface area (Å²) in [5, 5.41) is 2.19. The number of benzene rings is 1. The summed E-state index contributed by atoms with van der Waals surface area (Å²) in [7, 11) is 0.